The molecule has 0 bridgehead atoms. The summed E-state index contributed by atoms with van der Waals surface area (Å²) in [5.74, 6) is -0.0721. The van der Waals surface area contributed by atoms with Crippen molar-refractivity contribution >= 4 is 5.91 Å². The molecule has 2 unspecified atom stereocenters. The van der Waals surface area contributed by atoms with Gasteiger partial charge < -0.3 is 15.5 Å². The van der Waals surface area contributed by atoms with E-state index in [4.69, 9.17) is 0 Å². The van der Waals surface area contributed by atoms with E-state index >= 15 is 0 Å². The summed E-state index contributed by atoms with van der Waals surface area (Å²) >= 11 is 0. The number of aliphatic hydroxyl groups is 2. The van der Waals surface area contributed by atoms with Gasteiger partial charge in [0, 0.05) is 6.42 Å². The van der Waals surface area contributed by atoms with E-state index in [1.165, 1.54) is 238 Å². The first kappa shape index (κ1) is 60.4. The predicted octanol–water partition coefficient (Wildman–Crippen LogP) is 18.3. The van der Waals surface area contributed by atoms with Crippen LogP contribution in [-0.4, -0.2) is 34.9 Å². The molecule has 4 nitrogen and oxygen atoms in total. The van der Waals surface area contributed by atoms with E-state index in [-0.39, 0.29) is 12.5 Å². The lowest BCUT2D eigenvalue weighted by atomic mass is 10.0. The average Bonchev–Trinajstić information content (AvgIpc) is 3.28. The predicted molar refractivity (Wildman–Crippen MR) is 276 cm³/mol. The molecule has 0 fully saturated rings. The molecule has 0 aliphatic carbocycles. The largest absolute Gasteiger partial charge is 0.394 e. The van der Waals surface area contributed by atoms with Crippen molar-refractivity contribution < 1.29 is 15.0 Å². The number of hydrogen-bond donors (Lipinski definition) is 3. The van der Waals surface area contributed by atoms with E-state index in [0.717, 1.165) is 38.5 Å². The van der Waals surface area contributed by atoms with Crippen LogP contribution in [0.3, 0.4) is 0 Å². The summed E-state index contributed by atoms with van der Waals surface area (Å²) in [5.41, 5.74) is 0. The van der Waals surface area contributed by atoms with Crippen molar-refractivity contribution in [2.24, 2.45) is 0 Å². The molecular formula is C58H109NO3. The first-order chi connectivity index (χ1) is 30.7. The van der Waals surface area contributed by atoms with Crippen LogP contribution in [0.25, 0.3) is 0 Å². The molecule has 0 aliphatic rings. The van der Waals surface area contributed by atoms with E-state index in [1.54, 1.807) is 6.08 Å². The van der Waals surface area contributed by atoms with Crippen molar-refractivity contribution in [1.82, 2.24) is 5.32 Å². The Morgan fingerprint density at radius 2 is 0.677 bits per heavy atom. The monoisotopic (exact) mass is 868 g/mol. The highest BCUT2D eigenvalue weighted by Gasteiger charge is 2.18. The molecule has 364 valence electrons. The Kier molecular flexibility index (Phi) is 52.3. The lowest BCUT2D eigenvalue weighted by Gasteiger charge is -2.19. The van der Waals surface area contributed by atoms with Crippen LogP contribution in [0.2, 0.25) is 0 Å². The van der Waals surface area contributed by atoms with Crippen LogP contribution in [0.5, 0.6) is 0 Å². The van der Waals surface area contributed by atoms with Crippen LogP contribution in [-0.2, 0) is 4.79 Å². The first-order valence-corrected chi connectivity index (χ1v) is 27.9. The van der Waals surface area contributed by atoms with Gasteiger partial charge in [-0.15, -0.1) is 0 Å². The normalized spacial score (nSPS) is 13.2. The SMILES string of the molecule is CCCCCCCCCCC/C=C\C/C=C\CCCCCCCCCCCCCCCC(=O)NC(CO)C(O)/C=C/CC/C=C/CCCCCCCCCCCCCCCCC. The molecule has 0 heterocycles. The molecule has 0 aromatic rings. The van der Waals surface area contributed by atoms with Crippen molar-refractivity contribution in [1.29, 1.82) is 0 Å². The van der Waals surface area contributed by atoms with Gasteiger partial charge in [0.1, 0.15) is 0 Å². The van der Waals surface area contributed by atoms with Crippen molar-refractivity contribution in [3.8, 4) is 0 Å². The van der Waals surface area contributed by atoms with Crippen molar-refractivity contribution in [3.05, 3.63) is 48.6 Å². The number of allylic oxidation sites excluding steroid dienone is 7. The van der Waals surface area contributed by atoms with Gasteiger partial charge in [0.15, 0.2) is 0 Å². The Bertz CT molecular complexity index is 985. The van der Waals surface area contributed by atoms with Gasteiger partial charge in [-0.2, -0.15) is 0 Å². The quantitative estimate of drug-likeness (QED) is 0.0421. The Morgan fingerprint density at radius 1 is 0.387 bits per heavy atom. The maximum atomic E-state index is 12.5. The van der Waals surface area contributed by atoms with E-state index in [9.17, 15) is 15.0 Å². The smallest absolute Gasteiger partial charge is 0.220 e. The van der Waals surface area contributed by atoms with Crippen LogP contribution >= 0.6 is 0 Å². The summed E-state index contributed by atoms with van der Waals surface area (Å²) in [5, 5.41) is 23.1. The summed E-state index contributed by atoms with van der Waals surface area (Å²) in [6.45, 7) is 4.32. The van der Waals surface area contributed by atoms with Crippen LogP contribution in [0.15, 0.2) is 48.6 Å². The zero-order valence-corrected chi connectivity index (χ0v) is 41.9. The minimum atomic E-state index is -0.864. The second-order valence-corrected chi connectivity index (χ2v) is 19.0. The molecule has 62 heavy (non-hydrogen) atoms. The summed E-state index contributed by atoms with van der Waals surface area (Å²) < 4.78 is 0. The van der Waals surface area contributed by atoms with Gasteiger partial charge in [0.05, 0.1) is 18.8 Å². The Balaban J connectivity index is 3.53. The number of rotatable bonds is 51. The Morgan fingerprint density at radius 3 is 1.03 bits per heavy atom. The Hall–Kier alpha value is -1.65. The Labute approximate surface area is 388 Å². The summed E-state index contributed by atoms with van der Waals surface area (Å²) in [6, 6.07) is -0.641. The van der Waals surface area contributed by atoms with Crippen LogP contribution in [0.1, 0.15) is 296 Å². The summed E-state index contributed by atoms with van der Waals surface area (Å²) in [4.78, 5) is 12.5. The maximum Gasteiger partial charge on any atom is 0.220 e. The molecule has 3 N–H and O–H groups in total. The van der Waals surface area contributed by atoms with Gasteiger partial charge >= 0.3 is 0 Å². The summed E-state index contributed by atoms with van der Waals surface area (Å²) in [7, 11) is 0. The van der Waals surface area contributed by atoms with Crippen molar-refractivity contribution in [3.63, 3.8) is 0 Å². The molecule has 0 aromatic carbocycles. The molecule has 0 radical (unpaired) electrons. The van der Waals surface area contributed by atoms with Crippen molar-refractivity contribution in [2.45, 2.75) is 309 Å². The lowest BCUT2D eigenvalue weighted by molar-refractivity contribution is -0.123. The van der Waals surface area contributed by atoms with Gasteiger partial charge in [0.25, 0.3) is 0 Å². The molecule has 0 rings (SSSR count). The molecule has 0 saturated carbocycles. The highest BCUT2D eigenvalue weighted by atomic mass is 16.3. The number of carbonyl (C=O) groups is 1. The third kappa shape index (κ3) is 49.4. The van der Waals surface area contributed by atoms with Crippen LogP contribution in [0.4, 0.5) is 0 Å². The van der Waals surface area contributed by atoms with Crippen LogP contribution < -0.4 is 5.32 Å². The highest BCUT2D eigenvalue weighted by molar-refractivity contribution is 5.76. The van der Waals surface area contributed by atoms with Gasteiger partial charge in [-0.25, -0.2) is 0 Å². The minimum absolute atomic E-state index is 0.0721. The zero-order valence-electron chi connectivity index (χ0n) is 41.9. The lowest BCUT2D eigenvalue weighted by Crippen LogP contribution is -2.45. The number of unbranched alkanes of at least 4 members (excludes halogenated alkanes) is 38. The molecule has 0 aromatic heterocycles. The van der Waals surface area contributed by atoms with Gasteiger partial charge in [-0.3, -0.25) is 4.79 Å². The van der Waals surface area contributed by atoms with Gasteiger partial charge in [-0.05, 0) is 64.2 Å². The highest BCUT2D eigenvalue weighted by Crippen LogP contribution is 2.16. The third-order valence-electron chi connectivity index (χ3n) is 12.8. The molecule has 0 saturated heterocycles. The van der Waals surface area contributed by atoms with E-state index in [2.05, 4.69) is 55.6 Å². The molecule has 2 atom stereocenters. The third-order valence-corrected chi connectivity index (χ3v) is 12.8. The number of aliphatic hydroxyl groups excluding tert-OH is 2. The van der Waals surface area contributed by atoms with E-state index in [0.29, 0.717) is 6.42 Å². The van der Waals surface area contributed by atoms with E-state index in [1.807, 2.05) is 6.08 Å². The number of hydrogen-bond acceptors (Lipinski definition) is 3. The molecule has 1 amide bonds. The number of nitrogens with one attached hydrogen (secondary N) is 1. The number of carbonyl (C=O) groups excluding carboxylic acids is 1. The second-order valence-electron chi connectivity index (χ2n) is 19.0. The van der Waals surface area contributed by atoms with Crippen molar-refractivity contribution in [2.75, 3.05) is 6.61 Å². The standard InChI is InChI=1S/C58H109NO3/c1-3-5-7-9-11-13-15-17-19-21-23-25-26-27-28-29-30-31-32-34-36-38-40-42-44-46-48-50-52-54-58(62)59-56(55-60)57(61)53-51-49-47-45-43-41-39-37-35-33-24-22-20-18-16-14-12-10-8-6-4-2/h23,25,27-28,43,45,51,53,56-57,60-61H,3-22,24,26,29-42,44,46-50,52,54-55H2,1-2H3,(H,59,62)/b25-23-,28-27-,45-43+,53-51+. The fourth-order valence-electron chi connectivity index (χ4n) is 8.52. The zero-order chi connectivity index (χ0) is 44.9. The molecular weight excluding hydrogens is 759 g/mol. The fraction of sp³-hybridized carbons (Fsp3) is 0.845. The minimum Gasteiger partial charge on any atom is -0.394 e. The second kappa shape index (κ2) is 53.7. The van der Waals surface area contributed by atoms with Crippen LogP contribution in [0, 0.1) is 0 Å². The maximum absolute atomic E-state index is 12.5. The fourth-order valence-corrected chi connectivity index (χ4v) is 8.52. The van der Waals surface area contributed by atoms with Gasteiger partial charge in [-0.1, -0.05) is 274 Å². The molecule has 0 spiro atoms. The van der Waals surface area contributed by atoms with Gasteiger partial charge in [0.2, 0.25) is 5.91 Å². The number of amides is 1. The first-order valence-electron chi connectivity index (χ1n) is 27.9. The molecule has 4 heteroatoms. The van der Waals surface area contributed by atoms with E-state index < -0.39 is 12.1 Å². The summed E-state index contributed by atoms with van der Waals surface area (Å²) in [6.07, 6.45) is 74.1. The molecule has 0 aliphatic heterocycles. The average molecular weight is 869 g/mol. The topological polar surface area (TPSA) is 69.6 Å².